The number of nitrogen functional groups attached to an aromatic ring is 1. The Kier molecular flexibility index (Phi) is 7.72. The predicted molar refractivity (Wildman–Crippen MR) is 102 cm³/mol. The van der Waals surface area contributed by atoms with E-state index in [4.69, 9.17) is 17.3 Å². The zero-order valence-electron chi connectivity index (χ0n) is 13.7. The number of thiophene rings is 1. The molecule has 2 aromatic rings. The van der Waals surface area contributed by atoms with Crippen LogP contribution >= 0.6 is 35.3 Å². The van der Waals surface area contributed by atoms with Gasteiger partial charge in [-0.3, -0.25) is 4.79 Å². The highest BCUT2D eigenvalue weighted by Crippen LogP contribution is 2.24. The Morgan fingerprint density at radius 3 is 2.75 bits per heavy atom. The van der Waals surface area contributed by atoms with Gasteiger partial charge in [-0.25, -0.2) is 9.97 Å². The first-order valence-electron chi connectivity index (χ1n) is 7.22. The van der Waals surface area contributed by atoms with Gasteiger partial charge in [-0.1, -0.05) is 25.4 Å². The van der Waals surface area contributed by atoms with Crippen LogP contribution in [0.25, 0.3) is 0 Å². The fourth-order valence-corrected chi connectivity index (χ4v) is 3.06. The van der Waals surface area contributed by atoms with Crippen molar-refractivity contribution in [2.75, 3.05) is 24.2 Å². The van der Waals surface area contributed by atoms with Gasteiger partial charge in [0.25, 0.3) is 5.91 Å². The lowest BCUT2D eigenvalue weighted by atomic mass is 10.2. The maximum Gasteiger partial charge on any atom is 0.274 e. The Morgan fingerprint density at radius 2 is 2.17 bits per heavy atom. The molecule has 0 aliphatic heterocycles. The van der Waals surface area contributed by atoms with Crippen LogP contribution < -0.4 is 16.0 Å². The third kappa shape index (κ3) is 5.22. The van der Waals surface area contributed by atoms with Gasteiger partial charge >= 0.3 is 0 Å². The largest absolute Gasteiger partial charge is 0.382 e. The predicted octanol–water partition coefficient (Wildman–Crippen LogP) is 3.22. The van der Waals surface area contributed by atoms with E-state index in [1.807, 2.05) is 28.8 Å². The Balaban J connectivity index is 0.00000288. The van der Waals surface area contributed by atoms with E-state index in [1.54, 1.807) is 11.3 Å². The van der Waals surface area contributed by atoms with E-state index in [-0.39, 0.29) is 35.0 Å². The van der Waals surface area contributed by atoms with E-state index in [1.165, 1.54) is 0 Å². The van der Waals surface area contributed by atoms with E-state index in [0.29, 0.717) is 18.3 Å². The summed E-state index contributed by atoms with van der Waals surface area (Å²) in [4.78, 5) is 22.5. The van der Waals surface area contributed by atoms with E-state index in [2.05, 4.69) is 29.1 Å². The summed E-state index contributed by atoms with van der Waals surface area (Å²) in [5, 5.41) is 6.85. The third-order valence-corrected chi connectivity index (χ3v) is 4.10. The molecule has 2 aromatic heterocycles. The van der Waals surface area contributed by atoms with Gasteiger partial charge in [0.1, 0.15) is 0 Å². The van der Waals surface area contributed by atoms with Crippen molar-refractivity contribution in [2.45, 2.75) is 20.4 Å². The molecule has 2 heterocycles. The van der Waals surface area contributed by atoms with Crippen molar-refractivity contribution in [2.24, 2.45) is 5.92 Å². The van der Waals surface area contributed by atoms with Crippen molar-refractivity contribution < 1.29 is 4.79 Å². The zero-order valence-corrected chi connectivity index (χ0v) is 16.1. The van der Waals surface area contributed by atoms with E-state index >= 15 is 0 Å². The number of nitrogens with zero attached hydrogens (tertiary/aromatic N) is 3. The summed E-state index contributed by atoms with van der Waals surface area (Å²) in [6.07, 6.45) is 0. The van der Waals surface area contributed by atoms with Crippen LogP contribution in [0.4, 0.5) is 11.6 Å². The van der Waals surface area contributed by atoms with Crippen LogP contribution in [0.2, 0.25) is 5.15 Å². The average molecular weight is 390 g/mol. The van der Waals surface area contributed by atoms with Crippen molar-refractivity contribution in [1.82, 2.24) is 15.3 Å². The molecule has 2 rings (SSSR count). The minimum Gasteiger partial charge on any atom is -0.382 e. The van der Waals surface area contributed by atoms with Crippen molar-refractivity contribution in [3.05, 3.63) is 33.2 Å². The van der Waals surface area contributed by atoms with Crippen LogP contribution in [-0.4, -0.2) is 29.5 Å². The number of carbonyl (C=O) groups is 1. The summed E-state index contributed by atoms with van der Waals surface area (Å²) >= 11 is 7.75. The molecule has 0 saturated carbocycles. The Morgan fingerprint density at radius 1 is 1.46 bits per heavy atom. The molecule has 24 heavy (non-hydrogen) atoms. The highest BCUT2D eigenvalue weighted by molar-refractivity contribution is 7.07. The van der Waals surface area contributed by atoms with Crippen LogP contribution in [0, 0.1) is 5.92 Å². The number of amides is 1. The lowest BCUT2D eigenvalue weighted by molar-refractivity contribution is 0.0946. The first-order valence-corrected chi connectivity index (χ1v) is 8.54. The molecule has 0 saturated heterocycles. The summed E-state index contributed by atoms with van der Waals surface area (Å²) in [5.41, 5.74) is 6.96. The van der Waals surface area contributed by atoms with Gasteiger partial charge < -0.3 is 16.0 Å². The molecule has 0 aliphatic rings. The lowest BCUT2D eigenvalue weighted by Gasteiger charge is -2.21. The molecule has 0 bridgehead atoms. The van der Waals surface area contributed by atoms with E-state index in [0.717, 1.165) is 12.1 Å². The van der Waals surface area contributed by atoms with Crippen LogP contribution in [0.1, 0.15) is 29.9 Å². The van der Waals surface area contributed by atoms with Crippen molar-refractivity contribution in [3.63, 3.8) is 0 Å². The molecule has 0 radical (unpaired) electrons. The molecule has 0 aliphatic carbocycles. The van der Waals surface area contributed by atoms with Gasteiger partial charge in [-0.15, -0.1) is 12.4 Å². The maximum atomic E-state index is 12.2. The second-order valence-electron chi connectivity index (χ2n) is 5.66. The van der Waals surface area contributed by atoms with E-state index < -0.39 is 0 Å². The van der Waals surface area contributed by atoms with Crippen LogP contribution in [0.15, 0.2) is 16.8 Å². The molecule has 0 unspecified atom stereocenters. The number of hydrogen-bond donors (Lipinski definition) is 2. The normalized spacial score (nSPS) is 10.4. The molecule has 1 amide bonds. The van der Waals surface area contributed by atoms with Gasteiger partial charge in [0.15, 0.2) is 22.5 Å². The van der Waals surface area contributed by atoms with Gasteiger partial charge in [0, 0.05) is 20.1 Å². The van der Waals surface area contributed by atoms with Gasteiger partial charge in [0.05, 0.1) is 0 Å². The first-order chi connectivity index (χ1) is 10.9. The number of hydrogen-bond acceptors (Lipinski definition) is 6. The van der Waals surface area contributed by atoms with Crippen LogP contribution in [0.5, 0.6) is 0 Å². The van der Waals surface area contributed by atoms with Crippen molar-refractivity contribution in [1.29, 1.82) is 0 Å². The van der Waals surface area contributed by atoms with E-state index in [9.17, 15) is 4.79 Å². The summed E-state index contributed by atoms with van der Waals surface area (Å²) in [7, 11) is 1.87. The van der Waals surface area contributed by atoms with Gasteiger partial charge in [0.2, 0.25) is 0 Å². The van der Waals surface area contributed by atoms with Crippen LogP contribution in [-0.2, 0) is 6.54 Å². The minimum absolute atomic E-state index is 0. The summed E-state index contributed by atoms with van der Waals surface area (Å²) in [5.74, 6) is 0.601. The quantitative estimate of drug-likeness (QED) is 0.791. The minimum atomic E-state index is -0.388. The molecule has 6 nitrogen and oxygen atoms in total. The molecular weight excluding hydrogens is 369 g/mol. The average Bonchev–Trinajstić information content (AvgIpc) is 2.99. The monoisotopic (exact) mass is 389 g/mol. The smallest absolute Gasteiger partial charge is 0.274 e. The first kappa shape index (κ1) is 20.5. The number of nitrogens with one attached hydrogen (secondary N) is 1. The summed E-state index contributed by atoms with van der Waals surface area (Å²) in [6, 6.07) is 1.94. The number of aromatic nitrogens is 2. The molecule has 0 aromatic carbocycles. The molecule has 0 spiro atoms. The molecule has 0 fully saturated rings. The highest BCUT2D eigenvalue weighted by Gasteiger charge is 2.19. The summed E-state index contributed by atoms with van der Waals surface area (Å²) in [6.45, 7) is 5.36. The molecule has 132 valence electrons. The van der Waals surface area contributed by atoms with Crippen LogP contribution in [0.3, 0.4) is 0 Å². The summed E-state index contributed by atoms with van der Waals surface area (Å²) < 4.78 is 0. The zero-order chi connectivity index (χ0) is 17.0. The fourth-order valence-electron chi connectivity index (χ4n) is 2.12. The van der Waals surface area contributed by atoms with Crippen molar-refractivity contribution >= 4 is 52.9 Å². The lowest BCUT2D eigenvalue weighted by Crippen LogP contribution is -2.28. The SMILES string of the molecule is CC(C)CN(C)c1nc(N)c(C(=O)NCc2ccsc2)nc1Cl.Cl. The Bertz CT molecular complexity index is 679. The molecule has 0 atom stereocenters. The third-order valence-electron chi connectivity index (χ3n) is 3.11. The topological polar surface area (TPSA) is 84.1 Å². The van der Waals surface area contributed by atoms with Gasteiger partial charge in [-0.2, -0.15) is 11.3 Å². The standard InChI is InChI=1S/C15H20ClN5OS.ClH/c1-9(2)7-21(3)14-12(16)19-11(13(17)20-14)15(22)18-6-10-4-5-23-8-10;/h4-5,8-9H,6-7H2,1-3H3,(H2,17,20)(H,18,22);1H. The van der Waals surface area contributed by atoms with Crippen molar-refractivity contribution in [3.8, 4) is 0 Å². The Labute approximate surface area is 156 Å². The van der Waals surface area contributed by atoms with Gasteiger partial charge in [-0.05, 0) is 28.3 Å². The number of halogens is 2. The number of rotatable bonds is 6. The maximum absolute atomic E-state index is 12.2. The number of anilines is 2. The second-order valence-corrected chi connectivity index (χ2v) is 6.80. The number of nitrogens with two attached hydrogens (primary N) is 1. The Hall–Kier alpha value is -1.57. The second kappa shape index (κ2) is 9.05. The molecule has 9 heteroatoms. The molecular formula is C15H21Cl2N5OS. The fraction of sp³-hybridized carbons (Fsp3) is 0.400. The number of carbonyl (C=O) groups excluding carboxylic acids is 1. The molecule has 3 N–H and O–H groups in total. The highest BCUT2D eigenvalue weighted by atomic mass is 35.5.